The first-order chi connectivity index (χ1) is 10.3. The van der Waals surface area contributed by atoms with Gasteiger partial charge in [-0.3, -0.25) is 9.89 Å². The summed E-state index contributed by atoms with van der Waals surface area (Å²) in [7, 11) is 0. The van der Waals surface area contributed by atoms with Gasteiger partial charge in [-0.1, -0.05) is 31.0 Å². The molecule has 1 aromatic heterocycles. The van der Waals surface area contributed by atoms with E-state index < -0.39 is 0 Å². The molecule has 2 unspecified atom stereocenters. The number of fused-ring (bicyclic) bond motifs is 2. The number of aromatic nitrogens is 2. The largest absolute Gasteiger partial charge is 0.334 e. The van der Waals surface area contributed by atoms with Gasteiger partial charge in [0.05, 0.1) is 5.52 Å². The Hall–Kier alpha value is -1.84. The molecule has 0 bridgehead atoms. The number of H-pyrrole nitrogens is 1. The van der Waals surface area contributed by atoms with Crippen LogP contribution in [-0.2, 0) is 0 Å². The first-order valence-corrected chi connectivity index (χ1v) is 8.08. The number of likely N-dealkylation sites (tertiary alicyclic amines) is 1. The Balaban J connectivity index is 1.67. The molecule has 110 valence electrons. The number of rotatable bonds is 1. The van der Waals surface area contributed by atoms with Crippen molar-refractivity contribution >= 4 is 16.8 Å². The van der Waals surface area contributed by atoms with Gasteiger partial charge in [-0.25, -0.2) is 0 Å². The fourth-order valence-electron chi connectivity index (χ4n) is 4.14. The summed E-state index contributed by atoms with van der Waals surface area (Å²) in [6.45, 7) is 0.890. The maximum atomic E-state index is 13.0. The highest BCUT2D eigenvalue weighted by Gasteiger charge is 2.36. The zero-order valence-electron chi connectivity index (χ0n) is 12.2. The van der Waals surface area contributed by atoms with E-state index in [9.17, 15) is 4.79 Å². The summed E-state index contributed by atoms with van der Waals surface area (Å²) in [4.78, 5) is 15.1. The highest BCUT2D eigenvalue weighted by molar-refractivity contribution is 6.04. The molecule has 2 aliphatic rings. The van der Waals surface area contributed by atoms with Gasteiger partial charge in [0.25, 0.3) is 5.91 Å². The third-order valence-corrected chi connectivity index (χ3v) is 5.18. The van der Waals surface area contributed by atoms with Crippen LogP contribution in [0.2, 0.25) is 0 Å². The maximum Gasteiger partial charge on any atom is 0.275 e. The van der Waals surface area contributed by atoms with Crippen LogP contribution in [0, 0.1) is 5.92 Å². The van der Waals surface area contributed by atoms with Gasteiger partial charge in [0.1, 0.15) is 0 Å². The lowest BCUT2D eigenvalue weighted by molar-refractivity contribution is 0.0387. The van der Waals surface area contributed by atoms with Gasteiger partial charge >= 0.3 is 0 Å². The predicted molar refractivity (Wildman–Crippen MR) is 82.1 cm³/mol. The Morgan fingerprint density at radius 3 is 2.90 bits per heavy atom. The topological polar surface area (TPSA) is 49.0 Å². The van der Waals surface area contributed by atoms with Crippen LogP contribution in [0.1, 0.15) is 49.0 Å². The van der Waals surface area contributed by atoms with Crippen LogP contribution < -0.4 is 0 Å². The second-order valence-corrected chi connectivity index (χ2v) is 6.37. The molecule has 2 aromatic rings. The van der Waals surface area contributed by atoms with Gasteiger partial charge in [-0.15, -0.1) is 0 Å². The van der Waals surface area contributed by atoms with Crippen LogP contribution in [0.15, 0.2) is 24.3 Å². The summed E-state index contributed by atoms with van der Waals surface area (Å²) in [5.41, 5.74) is 1.54. The molecule has 2 heterocycles. The lowest BCUT2D eigenvalue weighted by Crippen LogP contribution is -2.49. The van der Waals surface area contributed by atoms with Crippen LogP contribution in [0.25, 0.3) is 10.9 Å². The molecule has 1 saturated heterocycles. The summed E-state index contributed by atoms with van der Waals surface area (Å²) < 4.78 is 0. The zero-order chi connectivity index (χ0) is 14.2. The highest BCUT2D eigenvalue weighted by atomic mass is 16.2. The van der Waals surface area contributed by atoms with Gasteiger partial charge in [-0.2, -0.15) is 5.10 Å². The van der Waals surface area contributed by atoms with E-state index in [1.54, 1.807) is 0 Å². The minimum absolute atomic E-state index is 0.115. The number of nitrogens with zero attached hydrogens (tertiary/aromatic N) is 2. The molecule has 1 aliphatic heterocycles. The Bertz CT molecular complexity index is 661. The first-order valence-electron chi connectivity index (χ1n) is 8.08. The van der Waals surface area contributed by atoms with Crippen LogP contribution in [0.3, 0.4) is 0 Å². The van der Waals surface area contributed by atoms with Crippen molar-refractivity contribution in [2.24, 2.45) is 5.92 Å². The van der Waals surface area contributed by atoms with Crippen molar-refractivity contribution in [2.75, 3.05) is 6.54 Å². The van der Waals surface area contributed by atoms with Gasteiger partial charge < -0.3 is 4.90 Å². The number of benzene rings is 1. The molecule has 4 rings (SSSR count). The van der Waals surface area contributed by atoms with Crippen molar-refractivity contribution in [3.8, 4) is 0 Å². The predicted octanol–water partition coefficient (Wildman–Crippen LogP) is 3.36. The molecule has 2 atom stereocenters. The van der Waals surface area contributed by atoms with Crippen molar-refractivity contribution < 1.29 is 4.79 Å². The number of carbonyl (C=O) groups is 1. The van der Waals surface area contributed by atoms with Crippen LogP contribution in [-0.4, -0.2) is 33.6 Å². The molecule has 1 saturated carbocycles. The lowest BCUT2D eigenvalue weighted by Gasteiger charge is -2.43. The Labute approximate surface area is 124 Å². The van der Waals surface area contributed by atoms with Gasteiger partial charge in [0.15, 0.2) is 5.69 Å². The molecule has 1 aliphatic carbocycles. The van der Waals surface area contributed by atoms with E-state index in [0.717, 1.165) is 23.9 Å². The Morgan fingerprint density at radius 1 is 1.14 bits per heavy atom. The number of nitrogens with one attached hydrogen (secondary N) is 1. The summed E-state index contributed by atoms with van der Waals surface area (Å²) in [5, 5.41) is 8.22. The van der Waals surface area contributed by atoms with E-state index in [1.807, 2.05) is 24.3 Å². The molecule has 1 aromatic carbocycles. The maximum absolute atomic E-state index is 13.0. The van der Waals surface area contributed by atoms with E-state index >= 15 is 0 Å². The smallest absolute Gasteiger partial charge is 0.275 e. The number of hydrogen-bond donors (Lipinski definition) is 1. The minimum atomic E-state index is 0.115. The van der Waals surface area contributed by atoms with Gasteiger partial charge in [0, 0.05) is 18.0 Å². The summed E-state index contributed by atoms with van der Waals surface area (Å²) in [5.74, 6) is 0.825. The van der Waals surface area contributed by atoms with E-state index in [1.165, 1.54) is 32.1 Å². The number of aromatic amines is 1. The quantitative estimate of drug-likeness (QED) is 0.872. The number of hydrogen-bond acceptors (Lipinski definition) is 2. The number of carbonyl (C=O) groups excluding carboxylic acids is 1. The van der Waals surface area contributed by atoms with Crippen LogP contribution in [0.5, 0.6) is 0 Å². The van der Waals surface area contributed by atoms with Crippen molar-refractivity contribution in [2.45, 2.75) is 44.6 Å². The minimum Gasteiger partial charge on any atom is -0.334 e. The molecule has 1 amide bonds. The first kappa shape index (κ1) is 12.9. The normalized spacial score (nSPS) is 25.8. The highest BCUT2D eigenvalue weighted by Crippen LogP contribution is 2.36. The third-order valence-electron chi connectivity index (χ3n) is 5.18. The van der Waals surface area contributed by atoms with Crippen molar-refractivity contribution in [1.29, 1.82) is 0 Å². The van der Waals surface area contributed by atoms with E-state index in [4.69, 9.17) is 0 Å². The second kappa shape index (κ2) is 5.17. The molecule has 0 radical (unpaired) electrons. The van der Waals surface area contributed by atoms with Crippen molar-refractivity contribution in [3.63, 3.8) is 0 Å². The van der Waals surface area contributed by atoms with E-state index in [2.05, 4.69) is 15.1 Å². The Kier molecular flexibility index (Phi) is 3.17. The molecule has 2 fully saturated rings. The molecule has 4 heteroatoms. The molecule has 4 nitrogen and oxygen atoms in total. The molecule has 1 N–H and O–H groups in total. The van der Waals surface area contributed by atoms with Crippen molar-refractivity contribution in [3.05, 3.63) is 30.0 Å². The monoisotopic (exact) mass is 283 g/mol. The summed E-state index contributed by atoms with van der Waals surface area (Å²) >= 11 is 0. The number of para-hydroxylation sites is 1. The summed E-state index contributed by atoms with van der Waals surface area (Å²) in [6.07, 6.45) is 7.46. The fourth-order valence-corrected chi connectivity index (χ4v) is 4.14. The van der Waals surface area contributed by atoms with Crippen molar-refractivity contribution in [1.82, 2.24) is 15.1 Å². The third kappa shape index (κ3) is 2.13. The number of piperidine rings is 1. The zero-order valence-corrected chi connectivity index (χ0v) is 12.2. The molecule has 0 spiro atoms. The van der Waals surface area contributed by atoms with Gasteiger partial charge in [-0.05, 0) is 37.7 Å². The van der Waals surface area contributed by atoms with Gasteiger partial charge in [0.2, 0.25) is 0 Å². The molecular weight excluding hydrogens is 262 g/mol. The lowest BCUT2D eigenvalue weighted by atomic mass is 9.78. The SMILES string of the molecule is O=C(c1n[nH]c2ccccc12)N1CCCC2CCCCC21. The summed E-state index contributed by atoms with van der Waals surface area (Å²) in [6, 6.07) is 8.32. The average Bonchev–Trinajstić information content (AvgIpc) is 2.98. The number of amides is 1. The van der Waals surface area contributed by atoms with Crippen LogP contribution in [0.4, 0.5) is 0 Å². The van der Waals surface area contributed by atoms with E-state index in [-0.39, 0.29) is 5.91 Å². The standard InChI is InChI=1S/C17H21N3O/c21-17(16-13-8-2-3-9-14(13)18-19-16)20-11-5-7-12-6-1-4-10-15(12)20/h2-3,8-9,12,15H,1,4-7,10-11H2,(H,18,19). The average molecular weight is 283 g/mol. The second-order valence-electron chi connectivity index (χ2n) is 6.37. The molecular formula is C17H21N3O. The Morgan fingerprint density at radius 2 is 1.95 bits per heavy atom. The molecule has 21 heavy (non-hydrogen) atoms. The van der Waals surface area contributed by atoms with Crippen LogP contribution >= 0.6 is 0 Å². The van der Waals surface area contributed by atoms with E-state index in [0.29, 0.717) is 17.7 Å². The fraction of sp³-hybridized carbons (Fsp3) is 0.529.